The lowest BCUT2D eigenvalue weighted by molar-refractivity contribution is -0.349. The highest BCUT2D eigenvalue weighted by Gasteiger charge is 2.38. The minimum absolute atomic E-state index is 0.250. The summed E-state index contributed by atoms with van der Waals surface area (Å²) in [6.45, 7) is 2.01. The molecule has 3 heteroatoms. The third-order valence-corrected chi connectivity index (χ3v) is 1.86. The summed E-state index contributed by atoms with van der Waals surface area (Å²) in [5.74, 6) is -0.751. The van der Waals surface area contributed by atoms with Crippen LogP contribution >= 0.6 is 0 Å². The Kier molecular flexibility index (Phi) is 2.28. The summed E-state index contributed by atoms with van der Waals surface area (Å²) in [7, 11) is 3.20. The molecule has 0 bridgehead atoms. The molecular formula is C7H14O3. The fourth-order valence-electron chi connectivity index (χ4n) is 1.19. The maximum Gasteiger partial charge on any atom is 0.282 e. The zero-order valence-electron chi connectivity index (χ0n) is 6.72. The van der Waals surface area contributed by atoms with Gasteiger partial charge in [-0.05, 0) is 13.3 Å². The number of hydrogen-bond donors (Lipinski definition) is 0. The van der Waals surface area contributed by atoms with Crippen molar-refractivity contribution in [3.8, 4) is 0 Å². The van der Waals surface area contributed by atoms with Gasteiger partial charge in [-0.15, -0.1) is 0 Å². The van der Waals surface area contributed by atoms with E-state index in [-0.39, 0.29) is 6.10 Å². The van der Waals surface area contributed by atoms with Crippen molar-refractivity contribution in [2.75, 3.05) is 14.2 Å². The fourth-order valence-corrected chi connectivity index (χ4v) is 1.19. The molecule has 1 fully saturated rings. The van der Waals surface area contributed by atoms with Gasteiger partial charge < -0.3 is 14.2 Å². The molecule has 0 aromatic heterocycles. The van der Waals surface area contributed by atoms with Crippen LogP contribution in [-0.2, 0) is 14.2 Å². The van der Waals surface area contributed by atoms with Gasteiger partial charge in [0.15, 0.2) is 0 Å². The first-order valence-corrected chi connectivity index (χ1v) is 3.50. The first-order chi connectivity index (χ1) is 4.72. The van der Waals surface area contributed by atoms with Crippen LogP contribution < -0.4 is 0 Å². The summed E-state index contributed by atoms with van der Waals surface area (Å²) in [4.78, 5) is 0. The highest BCUT2D eigenvalue weighted by molar-refractivity contribution is 4.69. The summed E-state index contributed by atoms with van der Waals surface area (Å²) in [5, 5.41) is 0. The molecule has 0 aromatic rings. The van der Waals surface area contributed by atoms with E-state index in [4.69, 9.17) is 14.2 Å². The molecule has 10 heavy (non-hydrogen) atoms. The molecule has 0 aliphatic carbocycles. The minimum Gasteiger partial charge on any atom is -0.331 e. The second-order valence-corrected chi connectivity index (χ2v) is 2.56. The molecule has 1 aliphatic heterocycles. The lowest BCUT2D eigenvalue weighted by atomic mass is 10.2. The topological polar surface area (TPSA) is 27.7 Å². The molecule has 1 heterocycles. The average Bonchev–Trinajstić information content (AvgIpc) is 2.33. The van der Waals surface area contributed by atoms with Crippen LogP contribution in [0.15, 0.2) is 0 Å². The SMILES string of the molecule is COC1(OC)CCC(C)O1. The molecule has 0 saturated carbocycles. The summed E-state index contributed by atoms with van der Waals surface area (Å²) >= 11 is 0. The minimum atomic E-state index is -0.751. The summed E-state index contributed by atoms with van der Waals surface area (Å²) in [5.41, 5.74) is 0. The Morgan fingerprint density at radius 2 is 2.00 bits per heavy atom. The molecule has 0 amide bonds. The molecule has 1 rings (SSSR count). The second-order valence-electron chi connectivity index (χ2n) is 2.56. The lowest BCUT2D eigenvalue weighted by Crippen LogP contribution is -2.33. The van der Waals surface area contributed by atoms with E-state index in [2.05, 4.69) is 0 Å². The van der Waals surface area contributed by atoms with Gasteiger partial charge >= 0.3 is 0 Å². The Morgan fingerprint density at radius 1 is 1.40 bits per heavy atom. The zero-order chi connectivity index (χ0) is 7.61. The largest absolute Gasteiger partial charge is 0.331 e. The van der Waals surface area contributed by atoms with Gasteiger partial charge in [-0.1, -0.05) is 0 Å². The predicted octanol–water partition coefficient (Wildman–Crippen LogP) is 1.13. The van der Waals surface area contributed by atoms with E-state index in [0.29, 0.717) is 0 Å². The van der Waals surface area contributed by atoms with Gasteiger partial charge in [-0.2, -0.15) is 0 Å². The molecule has 1 unspecified atom stereocenters. The van der Waals surface area contributed by atoms with Crippen molar-refractivity contribution in [2.24, 2.45) is 0 Å². The Balaban J connectivity index is 2.51. The molecule has 0 N–H and O–H groups in total. The van der Waals surface area contributed by atoms with E-state index in [0.717, 1.165) is 12.8 Å². The molecule has 0 spiro atoms. The molecule has 0 radical (unpaired) electrons. The highest BCUT2D eigenvalue weighted by Crippen LogP contribution is 2.30. The lowest BCUT2D eigenvalue weighted by Gasteiger charge is -2.24. The number of methoxy groups -OCH3 is 2. The van der Waals surface area contributed by atoms with Gasteiger partial charge in [0.1, 0.15) is 0 Å². The van der Waals surface area contributed by atoms with Crippen LogP contribution in [0, 0.1) is 0 Å². The van der Waals surface area contributed by atoms with Gasteiger partial charge in [-0.25, -0.2) is 0 Å². The van der Waals surface area contributed by atoms with Crippen LogP contribution in [0.1, 0.15) is 19.8 Å². The Labute approximate surface area is 61.3 Å². The van der Waals surface area contributed by atoms with E-state index in [1.54, 1.807) is 14.2 Å². The Hall–Kier alpha value is -0.120. The maximum atomic E-state index is 5.40. The first-order valence-electron chi connectivity index (χ1n) is 3.50. The van der Waals surface area contributed by atoms with Gasteiger partial charge in [0, 0.05) is 20.6 Å². The van der Waals surface area contributed by atoms with Crippen molar-refractivity contribution in [1.82, 2.24) is 0 Å². The van der Waals surface area contributed by atoms with Crippen molar-refractivity contribution >= 4 is 0 Å². The normalized spacial score (nSPS) is 30.9. The van der Waals surface area contributed by atoms with Gasteiger partial charge in [0.2, 0.25) is 0 Å². The summed E-state index contributed by atoms with van der Waals surface area (Å²) < 4.78 is 15.6. The average molecular weight is 146 g/mol. The third-order valence-electron chi connectivity index (χ3n) is 1.86. The Morgan fingerprint density at radius 3 is 2.20 bits per heavy atom. The van der Waals surface area contributed by atoms with E-state index in [1.165, 1.54) is 0 Å². The van der Waals surface area contributed by atoms with Crippen LogP contribution in [0.5, 0.6) is 0 Å². The van der Waals surface area contributed by atoms with Crippen LogP contribution in [0.4, 0.5) is 0 Å². The fraction of sp³-hybridized carbons (Fsp3) is 1.00. The smallest absolute Gasteiger partial charge is 0.282 e. The van der Waals surface area contributed by atoms with Gasteiger partial charge in [-0.3, -0.25) is 0 Å². The van der Waals surface area contributed by atoms with E-state index in [1.807, 2.05) is 6.92 Å². The van der Waals surface area contributed by atoms with Crippen molar-refractivity contribution in [3.63, 3.8) is 0 Å². The molecule has 1 atom stereocenters. The van der Waals surface area contributed by atoms with Crippen molar-refractivity contribution < 1.29 is 14.2 Å². The Bertz CT molecular complexity index is 109. The van der Waals surface area contributed by atoms with Gasteiger partial charge in [0.25, 0.3) is 5.97 Å². The zero-order valence-corrected chi connectivity index (χ0v) is 6.72. The summed E-state index contributed by atoms with van der Waals surface area (Å²) in [6.07, 6.45) is 2.07. The van der Waals surface area contributed by atoms with E-state index < -0.39 is 5.97 Å². The molecule has 1 saturated heterocycles. The van der Waals surface area contributed by atoms with Crippen LogP contribution in [0.3, 0.4) is 0 Å². The molecule has 3 nitrogen and oxygen atoms in total. The van der Waals surface area contributed by atoms with E-state index >= 15 is 0 Å². The quantitative estimate of drug-likeness (QED) is 0.546. The number of ether oxygens (including phenoxy) is 3. The monoisotopic (exact) mass is 146 g/mol. The molecule has 60 valence electrons. The van der Waals surface area contributed by atoms with E-state index in [9.17, 15) is 0 Å². The number of hydrogen-bond acceptors (Lipinski definition) is 3. The molecular weight excluding hydrogens is 132 g/mol. The standard InChI is InChI=1S/C7H14O3/c1-6-4-5-7(8-2,9-3)10-6/h6H,4-5H2,1-3H3. The second kappa shape index (κ2) is 2.86. The first kappa shape index (κ1) is 7.98. The van der Waals surface area contributed by atoms with Crippen LogP contribution in [0.25, 0.3) is 0 Å². The van der Waals surface area contributed by atoms with Crippen molar-refractivity contribution in [2.45, 2.75) is 31.8 Å². The molecule has 0 aromatic carbocycles. The number of rotatable bonds is 2. The van der Waals surface area contributed by atoms with Crippen molar-refractivity contribution in [1.29, 1.82) is 0 Å². The van der Waals surface area contributed by atoms with Crippen LogP contribution in [-0.4, -0.2) is 26.3 Å². The van der Waals surface area contributed by atoms with Gasteiger partial charge in [0.05, 0.1) is 6.10 Å². The maximum absolute atomic E-state index is 5.40. The molecule has 1 aliphatic rings. The summed E-state index contributed by atoms with van der Waals surface area (Å²) in [6, 6.07) is 0. The van der Waals surface area contributed by atoms with Crippen LogP contribution in [0.2, 0.25) is 0 Å². The van der Waals surface area contributed by atoms with Crippen molar-refractivity contribution in [3.05, 3.63) is 0 Å². The predicted molar refractivity (Wildman–Crippen MR) is 36.5 cm³/mol. The highest BCUT2D eigenvalue weighted by atomic mass is 16.9. The third kappa shape index (κ3) is 1.31.